The molecule has 0 aliphatic carbocycles. The van der Waals surface area contributed by atoms with Crippen LogP contribution >= 0.6 is 0 Å². The molecule has 3 rings (SSSR count). The summed E-state index contributed by atoms with van der Waals surface area (Å²) in [7, 11) is 1.69. The number of ether oxygens (including phenoxy) is 2. The Hall–Kier alpha value is -2.47. The van der Waals surface area contributed by atoms with Gasteiger partial charge in [0, 0.05) is 7.11 Å². The molecule has 0 aliphatic rings. The van der Waals surface area contributed by atoms with Crippen LogP contribution in [0.5, 0.6) is 11.6 Å². The number of hydrogen-bond donors (Lipinski definition) is 0. The Morgan fingerprint density at radius 2 is 1.95 bits per heavy atom. The highest BCUT2D eigenvalue weighted by molar-refractivity contribution is 5.81. The number of fused-ring (bicyclic) bond motifs is 1. The van der Waals surface area contributed by atoms with Crippen molar-refractivity contribution < 1.29 is 14.0 Å². The van der Waals surface area contributed by atoms with Gasteiger partial charge in [-0.2, -0.15) is 4.98 Å². The predicted molar refractivity (Wildman–Crippen MR) is 76.4 cm³/mol. The lowest BCUT2D eigenvalue weighted by Gasteiger charge is -2.06. The molecule has 0 bridgehead atoms. The van der Waals surface area contributed by atoms with Crippen LogP contribution in [0.2, 0.25) is 0 Å². The van der Waals surface area contributed by atoms with Gasteiger partial charge < -0.3 is 14.0 Å². The SMILES string of the molecule is COCCc1ccc(Oc2ncnc3onc(C)c23)cc1. The van der Waals surface area contributed by atoms with Crippen LogP contribution in [0, 0.1) is 6.92 Å². The molecule has 3 aromatic rings. The third-order valence-corrected chi connectivity index (χ3v) is 3.14. The van der Waals surface area contributed by atoms with Gasteiger partial charge in [0.1, 0.15) is 17.5 Å². The molecular formula is C15H15N3O3. The van der Waals surface area contributed by atoms with Crippen molar-refractivity contribution >= 4 is 11.1 Å². The zero-order chi connectivity index (χ0) is 14.7. The molecule has 0 atom stereocenters. The van der Waals surface area contributed by atoms with Gasteiger partial charge in [-0.1, -0.05) is 17.3 Å². The molecule has 0 fully saturated rings. The Morgan fingerprint density at radius 1 is 1.14 bits per heavy atom. The van der Waals surface area contributed by atoms with Crippen molar-refractivity contribution in [2.75, 3.05) is 13.7 Å². The van der Waals surface area contributed by atoms with Crippen molar-refractivity contribution in [1.82, 2.24) is 15.1 Å². The van der Waals surface area contributed by atoms with Gasteiger partial charge in [-0.15, -0.1) is 0 Å². The Kier molecular flexibility index (Phi) is 3.79. The summed E-state index contributed by atoms with van der Waals surface area (Å²) in [5.41, 5.74) is 2.32. The average molecular weight is 285 g/mol. The maximum Gasteiger partial charge on any atom is 0.264 e. The summed E-state index contributed by atoms with van der Waals surface area (Å²) in [5, 5.41) is 4.57. The summed E-state index contributed by atoms with van der Waals surface area (Å²) >= 11 is 0. The van der Waals surface area contributed by atoms with E-state index in [1.165, 1.54) is 11.9 Å². The zero-order valence-electron chi connectivity index (χ0n) is 11.9. The van der Waals surface area contributed by atoms with Crippen LogP contribution in [-0.4, -0.2) is 28.8 Å². The first-order valence-electron chi connectivity index (χ1n) is 6.60. The van der Waals surface area contributed by atoms with E-state index in [0.717, 1.165) is 6.42 Å². The highest BCUT2D eigenvalue weighted by atomic mass is 16.5. The van der Waals surface area contributed by atoms with E-state index in [0.29, 0.717) is 35.0 Å². The molecule has 0 saturated carbocycles. The number of benzene rings is 1. The molecular weight excluding hydrogens is 270 g/mol. The minimum atomic E-state index is 0.425. The fourth-order valence-corrected chi connectivity index (χ4v) is 2.02. The van der Waals surface area contributed by atoms with Crippen LogP contribution in [0.15, 0.2) is 35.1 Å². The van der Waals surface area contributed by atoms with E-state index >= 15 is 0 Å². The van der Waals surface area contributed by atoms with Crippen LogP contribution in [0.25, 0.3) is 11.1 Å². The second-order valence-corrected chi connectivity index (χ2v) is 4.62. The standard InChI is InChI=1S/C15H15N3O3/c1-10-13-14(16-9-17-15(13)21-18-10)20-12-5-3-11(4-6-12)7-8-19-2/h3-6,9H,7-8H2,1-2H3. The van der Waals surface area contributed by atoms with Gasteiger partial charge in [-0.25, -0.2) is 4.98 Å². The molecule has 0 saturated heterocycles. The lowest BCUT2D eigenvalue weighted by Crippen LogP contribution is -1.95. The van der Waals surface area contributed by atoms with Crippen LogP contribution in [0.3, 0.4) is 0 Å². The summed E-state index contributed by atoms with van der Waals surface area (Å²) in [6, 6.07) is 7.82. The average Bonchev–Trinajstić information content (AvgIpc) is 2.89. The number of aromatic nitrogens is 3. The molecule has 1 aromatic carbocycles. The first-order chi connectivity index (χ1) is 10.3. The van der Waals surface area contributed by atoms with Gasteiger partial charge in [-0.3, -0.25) is 0 Å². The maximum absolute atomic E-state index is 5.81. The van der Waals surface area contributed by atoms with E-state index in [9.17, 15) is 0 Å². The highest BCUT2D eigenvalue weighted by Crippen LogP contribution is 2.28. The minimum absolute atomic E-state index is 0.425. The van der Waals surface area contributed by atoms with Gasteiger partial charge in [0.05, 0.1) is 12.3 Å². The molecule has 6 heteroatoms. The third kappa shape index (κ3) is 2.85. The molecule has 108 valence electrons. The normalized spacial score (nSPS) is 11.0. The van der Waals surface area contributed by atoms with Crippen molar-refractivity contribution in [1.29, 1.82) is 0 Å². The molecule has 0 spiro atoms. The van der Waals surface area contributed by atoms with Gasteiger partial charge in [0.25, 0.3) is 5.71 Å². The zero-order valence-corrected chi connectivity index (χ0v) is 11.9. The molecule has 0 unspecified atom stereocenters. The van der Waals surface area contributed by atoms with E-state index in [4.69, 9.17) is 14.0 Å². The quantitative estimate of drug-likeness (QED) is 0.718. The molecule has 2 heterocycles. The second kappa shape index (κ2) is 5.88. The lowest BCUT2D eigenvalue weighted by molar-refractivity contribution is 0.202. The topological polar surface area (TPSA) is 70.3 Å². The number of hydrogen-bond acceptors (Lipinski definition) is 6. The Balaban J connectivity index is 1.83. The number of nitrogens with zero attached hydrogens (tertiary/aromatic N) is 3. The van der Waals surface area contributed by atoms with E-state index in [1.807, 2.05) is 31.2 Å². The summed E-state index contributed by atoms with van der Waals surface area (Å²) < 4.78 is 16.0. The van der Waals surface area contributed by atoms with Crippen LogP contribution < -0.4 is 4.74 Å². The predicted octanol–water partition coefficient (Wildman–Crippen LogP) is 2.91. The molecule has 0 aliphatic heterocycles. The fourth-order valence-electron chi connectivity index (χ4n) is 2.02. The summed E-state index contributed by atoms with van der Waals surface area (Å²) in [6.07, 6.45) is 2.27. The minimum Gasteiger partial charge on any atom is -0.438 e. The molecule has 0 amide bonds. The van der Waals surface area contributed by atoms with E-state index in [1.54, 1.807) is 7.11 Å². The molecule has 21 heavy (non-hydrogen) atoms. The van der Waals surface area contributed by atoms with E-state index in [-0.39, 0.29) is 0 Å². The Labute approximate surface area is 121 Å². The van der Waals surface area contributed by atoms with Gasteiger partial charge in [0.15, 0.2) is 0 Å². The molecule has 6 nitrogen and oxygen atoms in total. The summed E-state index contributed by atoms with van der Waals surface area (Å²) in [6.45, 7) is 2.53. The lowest BCUT2D eigenvalue weighted by atomic mass is 10.1. The van der Waals surface area contributed by atoms with Crippen LogP contribution in [-0.2, 0) is 11.2 Å². The van der Waals surface area contributed by atoms with Gasteiger partial charge >= 0.3 is 0 Å². The Bertz CT molecular complexity index is 738. The van der Waals surface area contributed by atoms with Crippen molar-refractivity contribution in [3.63, 3.8) is 0 Å². The highest BCUT2D eigenvalue weighted by Gasteiger charge is 2.13. The fraction of sp³-hybridized carbons (Fsp3) is 0.267. The Morgan fingerprint density at radius 3 is 2.71 bits per heavy atom. The first kappa shape index (κ1) is 13.5. The first-order valence-corrected chi connectivity index (χ1v) is 6.60. The van der Waals surface area contributed by atoms with Crippen molar-refractivity contribution in [3.8, 4) is 11.6 Å². The second-order valence-electron chi connectivity index (χ2n) is 4.62. The molecule has 2 aromatic heterocycles. The van der Waals surface area contributed by atoms with E-state index in [2.05, 4.69) is 15.1 Å². The van der Waals surface area contributed by atoms with Crippen LogP contribution in [0.1, 0.15) is 11.3 Å². The number of aryl methyl sites for hydroxylation is 1. The third-order valence-electron chi connectivity index (χ3n) is 3.14. The van der Waals surface area contributed by atoms with Crippen molar-refractivity contribution in [2.45, 2.75) is 13.3 Å². The van der Waals surface area contributed by atoms with Crippen molar-refractivity contribution in [2.24, 2.45) is 0 Å². The molecule has 0 radical (unpaired) electrons. The van der Waals surface area contributed by atoms with Crippen molar-refractivity contribution in [3.05, 3.63) is 41.9 Å². The smallest absolute Gasteiger partial charge is 0.264 e. The summed E-state index contributed by atoms with van der Waals surface area (Å²) in [4.78, 5) is 8.17. The van der Waals surface area contributed by atoms with E-state index < -0.39 is 0 Å². The number of rotatable bonds is 5. The van der Waals surface area contributed by atoms with Gasteiger partial charge in [-0.05, 0) is 31.0 Å². The largest absolute Gasteiger partial charge is 0.438 e. The monoisotopic (exact) mass is 285 g/mol. The number of methoxy groups -OCH3 is 1. The summed E-state index contributed by atoms with van der Waals surface area (Å²) in [5.74, 6) is 1.15. The molecule has 0 N–H and O–H groups in total. The maximum atomic E-state index is 5.81. The van der Waals surface area contributed by atoms with Crippen LogP contribution in [0.4, 0.5) is 0 Å². The van der Waals surface area contributed by atoms with Gasteiger partial charge in [0.2, 0.25) is 5.88 Å².